The van der Waals surface area contributed by atoms with Crippen molar-refractivity contribution in [1.82, 2.24) is 0 Å². The van der Waals surface area contributed by atoms with Crippen molar-refractivity contribution in [3.63, 3.8) is 0 Å². The molecule has 2 nitrogen and oxygen atoms in total. The SMILES string of the molecule is O=C(C[C@@H]1C=CCC1)Nc1ccc(-c2ccccc2)cc1. The second-order valence-electron chi connectivity index (χ2n) is 5.46. The van der Waals surface area contributed by atoms with Gasteiger partial charge in [-0.25, -0.2) is 0 Å². The fourth-order valence-corrected chi connectivity index (χ4v) is 2.69. The van der Waals surface area contributed by atoms with Crippen LogP contribution in [0, 0.1) is 5.92 Å². The molecule has 2 aromatic carbocycles. The smallest absolute Gasteiger partial charge is 0.224 e. The van der Waals surface area contributed by atoms with Crippen molar-refractivity contribution in [2.75, 3.05) is 5.32 Å². The van der Waals surface area contributed by atoms with Crippen LogP contribution in [0.15, 0.2) is 66.7 Å². The van der Waals surface area contributed by atoms with Gasteiger partial charge in [0, 0.05) is 12.1 Å². The standard InChI is InChI=1S/C19H19NO/c21-19(14-15-6-4-5-7-15)20-18-12-10-17(11-13-18)16-8-2-1-3-9-16/h1-4,6,8-13,15H,5,7,14H2,(H,20,21)/t15-/m1/s1. The van der Waals surface area contributed by atoms with Crippen molar-refractivity contribution in [3.05, 3.63) is 66.7 Å². The van der Waals surface area contributed by atoms with Crippen LogP contribution in [0.4, 0.5) is 5.69 Å². The summed E-state index contributed by atoms with van der Waals surface area (Å²) in [5, 5.41) is 2.97. The third-order valence-electron chi connectivity index (χ3n) is 3.84. The average molecular weight is 277 g/mol. The molecule has 106 valence electrons. The quantitative estimate of drug-likeness (QED) is 0.810. The summed E-state index contributed by atoms with van der Waals surface area (Å²) in [7, 11) is 0. The highest BCUT2D eigenvalue weighted by Crippen LogP contribution is 2.23. The van der Waals surface area contributed by atoms with E-state index in [9.17, 15) is 4.79 Å². The Morgan fingerprint density at radius 2 is 1.71 bits per heavy atom. The van der Waals surface area contributed by atoms with Gasteiger partial charge in [0.2, 0.25) is 5.91 Å². The number of amides is 1. The molecule has 1 aliphatic rings. The van der Waals surface area contributed by atoms with E-state index in [4.69, 9.17) is 0 Å². The van der Waals surface area contributed by atoms with Gasteiger partial charge in [-0.05, 0) is 42.0 Å². The van der Waals surface area contributed by atoms with Crippen LogP contribution in [-0.4, -0.2) is 5.91 Å². The van der Waals surface area contributed by atoms with Gasteiger partial charge in [-0.1, -0.05) is 54.6 Å². The summed E-state index contributed by atoms with van der Waals surface area (Å²) in [6.45, 7) is 0. The zero-order valence-electron chi connectivity index (χ0n) is 12.0. The van der Waals surface area contributed by atoms with E-state index in [0.29, 0.717) is 12.3 Å². The molecule has 0 aromatic heterocycles. The molecule has 21 heavy (non-hydrogen) atoms. The molecule has 1 aliphatic carbocycles. The molecule has 0 saturated carbocycles. The van der Waals surface area contributed by atoms with E-state index < -0.39 is 0 Å². The number of benzene rings is 2. The van der Waals surface area contributed by atoms with Crippen molar-refractivity contribution in [2.24, 2.45) is 5.92 Å². The van der Waals surface area contributed by atoms with E-state index in [2.05, 4.69) is 29.6 Å². The lowest BCUT2D eigenvalue weighted by Gasteiger charge is -2.09. The van der Waals surface area contributed by atoms with E-state index in [1.165, 1.54) is 5.56 Å². The van der Waals surface area contributed by atoms with E-state index >= 15 is 0 Å². The van der Waals surface area contributed by atoms with Crippen LogP contribution in [0.5, 0.6) is 0 Å². The maximum atomic E-state index is 12.0. The first-order valence-corrected chi connectivity index (χ1v) is 7.43. The van der Waals surface area contributed by atoms with Crippen LogP contribution in [0.1, 0.15) is 19.3 Å². The van der Waals surface area contributed by atoms with E-state index in [1.807, 2.05) is 42.5 Å². The monoisotopic (exact) mass is 277 g/mol. The van der Waals surface area contributed by atoms with Gasteiger partial charge in [-0.2, -0.15) is 0 Å². The number of anilines is 1. The lowest BCUT2D eigenvalue weighted by Crippen LogP contribution is -2.14. The van der Waals surface area contributed by atoms with Crippen LogP contribution < -0.4 is 5.32 Å². The molecular formula is C19H19NO. The molecule has 0 heterocycles. The summed E-state index contributed by atoms with van der Waals surface area (Å²) in [5.74, 6) is 0.507. The van der Waals surface area contributed by atoms with Gasteiger partial charge in [-0.15, -0.1) is 0 Å². The minimum Gasteiger partial charge on any atom is -0.326 e. The number of rotatable bonds is 4. The summed E-state index contributed by atoms with van der Waals surface area (Å²) in [6.07, 6.45) is 7.09. The Bertz CT molecular complexity index is 628. The van der Waals surface area contributed by atoms with Crippen molar-refractivity contribution >= 4 is 11.6 Å². The van der Waals surface area contributed by atoms with Gasteiger partial charge in [0.05, 0.1) is 0 Å². The Balaban J connectivity index is 1.62. The van der Waals surface area contributed by atoms with Crippen LogP contribution in [0.2, 0.25) is 0 Å². The zero-order chi connectivity index (χ0) is 14.5. The van der Waals surface area contributed by atoms with E-state index in [-0.39, 0.29) is 5.91 Å². The first-order chi connectivity index (χ1) is 10.3. The van der Waals surface area contributed by atoms with Crippen molar-refractivity contribution < 1.29 is 4.79 Å². The van der Waals surface area contributed by atoms with Gasteiger partial charge in [0.1, 0.15) is 0 Å². The van der Waals surface area contributed by atoms with Gasteiger partial charge in [0.25, 0.3) is 0 Å². The summed E-state index contributed by atoms with van der Waals surface area (Å²) < 4.78 is 0. The lowest BCUT2D eigenvalue weighted by molar-refractivity contribution is -0.116. The number of hydrogen-bond acceptors (Lipinski definition) is 1. The molecule has 1 amide bonds. The number of hydrogen-bond donors (Lipinski definition) is 1. The second-order valence-corrected chi connectivity index (χ2v) is 5.46. The van der Waals surface area contributed by atoms with Gasteiger partial charge in [-0.3, -0.25) is 4.79 Å². The number of allylic oxidation sites excluding steroid dienone is 2. The first-order valence-electron chi connectivity index (χ1n) is 7.43. The Kier molecular flexibility index (Phi) is 4.15. The predicted molar refractivity (Wildman–Crippen MR) is 87.0 cm³/mol. The number of carbonyl (C=O) groups excluding carboxylic acids is 1. The lowest BCUT2D eigenvalue weighted by atomic mass is 10.0. The average Bonchev–Trinajstić information content (AvgIpc) is 3.02. The predicted octanol–water partition coefficient (Wildman–Crippen LogP) is 4.65. The fourth-order valence-electron chi connectivity index (χ4n) is 2.69. The molecule has 0 unspecified atom stereocenters. The minimum atomic E-state index is 0.0963. The van der Waals surface area contributed by atoms with Crippen molar-refractivity contribution in [3.8, 4) is 11.1 Å². The third-order valence-corrected chi connectivity index (χ3v) is 3.84. The number of carbonyl (C=O) groups is 1. The van der Waals surface area contributed by atoms with E-state index in [1.54, 1.807) is 0 Å². The molecular weight excluding hydrogens is 258 g/mol. The molecule has 0 radical (unpaired) electrons. The molecule has 0 aliphatic heterocycles. The van der Waals surface area contributed by atoms with Crippen LogP contribution in [0.25, 0.3) is 11.1 Å². The van der Waals surface area contributed by atoms with Crippen LogP contribution in [-0.2, 0) is 4.79 Å². The molecule has 0 fully saturated rings. The summed E-state index contributed by atoms with van der Waals surface area (Å²) in [4.78, 5) is 12.0. The summed E-state index contributed by atoms with van der Waals surface area (Å²) >= 11 is 0. The number of nitrogens with one attached hydrogen (secondary N) is 1. The topological polar surface area (TPSA) is 29.1 Å². The largest absolute Gasteiger partial charge is 0.326 e. The molecule has 0 spiro atoms. The Labute approximate surface area is 125 Å². The molecule has 3 rings (SSSR count). The fraction of sp³-hybridized carbons (Fsp3) is 0.211. The molecule has 1 atom stereocenters. The molecule has 2 aromatic rings. The molecule has 0 bridgehead atoms. The minimum absolute atomic E-state index is 0.0963. The third kappa shape index (κ3) is 3.60. The second kappa shape index (κ2) is 6.40. The highest BCUT2D eigenvalue weighted by molar-refractivity contribution is 5.91. The van der Waals surface area contributed by atoms with E-state index in [0.717, 1.165) is 24.1 Å². The van der Waals surface area contributed by atoms with Crippen molar-refractivity contribution in [2.45, 2.75) is 19.3 Å². The zero-order valence-corrected chi connectivity index (χ0v) is 12.0. The summed E-state index contributed by atoms with van der Waals surface area (Å²) in [5.41, 5.74) is 3.21. The van der Waals surface area contributed by atoms with Crippen LogP contribution >= 0.6 is 0 Å². The molecule has 1 N–H and O–H groups in total. The maximum absolute atomic E-state index is 12.0. The highest BCUT2D eigenvalue weighted by Gasteiger charge is 2.13. The molecule has 0 saturated heterocycles. The Hall–Kier alpha value is -2.35. The van der Waals surface area contributed by atoms with Gasteiger partial charge in [0.15, 0.2) is 0 Å². The van der Waals surface area contributed by atoms with Gasteiger partial charge >= 0.3 is 0 Å². The first kappa shape index (κ1) is 13.6. The van der Waals surface area contributed by atoms with Gasteiger partial charge < -0.3 is 5.32 Å². The normalized spacial score (nSPS) is 16.9. The highest BCUT2D eigenvalue weighted by atomic mass is 16.1. The maximum Gasteiger partial charge on any atom is 0.224 e. The molecule has 2 heteroatoms. The van der Waals surface area contributed by atoms with Crippen molar-refractivity contribution in [1.29, 1.82) is 0 Å². The Morgan fingerprint density at radius 3 is 2.38 bits per heavy atom. The summed E-state index contributed by atoms with van der Waals surface area (Å²) in [6, 6.07) is 18.2. The van der Waals surface area contributed by atoms with Crippen LogP contribution in [0.3, 0.4) is 0 Å². The Morgan fingerprint density at radius 1 is 1.00 bits per heavy atom.